The molecule has 1 rings (SSSR count). The van der Waals surface area contributed by atoms with Gasteiger partial charge in [0, 0.05) is 20.3 Å². The van der Waals surface area contributed by atoms with E-state index in [2.05, 4.69) is 4.99 Å². The van der Waals surface area contributed by atoms with Gasteiger partial charge in [0.15, 0.2) is 12.0 Å². The first-order valence-electron chi connectivity index (χ1n) is 5.73. The highest BCUT2D eigenvalue weighted by Crippen LogP contribution is 2.14. The summed E-state index contributed by atoms with van der Waals surface area (Å²) in [6, 6.07) is -2.42. The lowest BCUT2D eigenvalue weighted by Gasteiger charge is -2.31. The van der Waals surface area contributed by atoms with Gasteiger partial charge in [0.1, 0.15) is 0 Å². The van der Waals surface area contributed by atoms with E-state index in [1.807, 2.05) is 0 Å². The van der Waals surface area contributed by atoms with Gasteiger partial charge in [-0.1, -0.05) is 0 Å². The van der Waals surface area contributed by atoms with Gasteiger partial charge in [-0.05, 0) is 0 Å². The van der Waals surface area contributed by atoms with Gasteiger partial charge in [-0.25, -0.2) is 9.59 Å². The van der Waals surface area contributed by atoms with Crippen LogP contribution in [-0.2, 0) is 19.2 Å². The average Bonchev–Trinajstić information content (AvgIpc) is 2.41. The smallest absolute Gasteiger partial charge is 0.332 e. The molecule has 0 aromatic carbocycles. The number of barbiturate groups is 1. The number of carbonyl (C=O) groups excluding carboxylic acids is 3. The molecule has 1 saturated heterocycles. The summed E-state index contributed by atoms with van der Waals surface area (Å²) >= 11 is 0. The third kappa shape index (κ3) is 3.41. The Balaban J connectivity index is 2.98. The van der Waals surface area contributed by atoms with E-state index in [9.17, 15) is 24.0 Å². The van der Waals surface area contributed by atoms with Crippen LogP contribution in [0, 0.1) is 5.92 Å². The SMILES string of the molecule is CN1C(=O)C(C=NC(CC(=O)O)C(=O)O)C(=O)N(C)C1=O. The number of rotatable bonds is 5. The molecule has 21 heavy (non-hydrogen) atoms. The molecule has 1 atom stereocenters. The van der Waals surface area contributed by atoms with Gasteiger partial charge in [0.2, 0.25) is 11.8 Å². The third-order valence-electron chi connectivity index (χ3n) is 2.84. The van der Waals surface area contributed by atoms with Crippen LogP contribution in [-0.4, -0.2) is 76.1 Å². The summed E-state index contributed by atoms with van der Waals surface area (Å²) in [6.45, 7) is 0. The molecule has 0 aliphatic carbocycles. The number of hydrogen-bond donors (Lipinski definition) is 2. The van der Waals surface area contributed by atoms with Crippen LogP contribution in [0.4, 0.5) is 4.79 Å². The molecule has 0 spiro atoms. The van der Waals surface area contributed by atoms with E-state index in [1.54, 1.807) is 0 Å². The fourth-order valence-electron chi connectivity index (χ4n) is 1.62. The predicted octanol–water partition coefficient (Wildman–Crippen LogP) is -1.35. The highest BCUT2D eigenvalue weighted by Gasteiger charge is 2.41. The fraction of sp³-hybridized carbons (Fsp3) is 0.455. The summed E-state index contributed by atoms with van der Waals surface area (Å²) in [4.78, 5) is 61.3. The largest absolute Gasteiger partial charge is 0.481 e. The maximum absolute atomic E-state index is 11.8. The first-order chi connectivity index (χ1) is 9.66. The molecule has 1 unspecified atom stereocenters. The summed E-state index contributed by atoms with van der Waals surface area (Å²) in [7, 11) is 2.33. The maximum atomic E-state index is 11.8. The zero-order valence-corrected chi connectivity index (χ0v) is 11.2. The van der Waals surface area contributed by atoms with Crippen molar-refractivity contribution in [3.8, 4) is 0 Å². The van der Waals surface area contributed by atoms with E-state index >= 15 is 0 Å². The molecule has 1 heterocycles. The van der Waals surface area contributed by atoms with E-state index in [1.165, 1.54) is 14.1 Å². The fourth-order valence-corrected chi connectivity index (χ4v) is 1.62. The third-order valence-corrected chi connectivity index (χ3v) is 2.84. The van der Waals surface area contributed by atoms with E-state index in [4.69, 9.17) is 10.2 Å². The number of aliphatic carboxylic acids is 2. The topological polar surface area (TPSA) is 145 Å². The molecule has 114 valence electrons. The quantitative estimate of drug-likeness (QED) is 0.471. The highest BCUT2D eigenvalue weighted by molar-refractivity contribution is 6.23. The van der Waals surface area contributed by atoms with Crippen molar-refractivity contribution < 1.29 is 34.2 Å². The number of carboxylic acids is 2. The van der Waals surface area contributed by atoms with Crippen molar-refractivity contribution in [3.05, 3.63) is 0 Å². The molecule has 2 N–H and O–H groups in total. The Hall–Kier alpha value is -2.78. The molecule has 0 aromatic rings. The maximum Gasteiger partial charge on any atom is 0.332 e. The minimum Gasteiger partial charge on any atom is -0.481 e. The van der Waals surface area contributed by atoms with Crippen LogP contribution in [0.3, 0.4) is 0 Å². The number of nitrogens with zero attached hydrogens (tertiary/aromatic N) is 3. The molecule has 0 radical (unpaired) electrons. The first-order valence-corrected chi connectivity index (χ1v) is 5.73. The Morgan fingerprint density at radius 2 is 1.67 bits per heavy atom. The van der Waals surface area contributed by atoms with Crippen LogP contribution in [0.25, 0.3) is 0 Å². The van der Waals surface area contributed by atoms with Gasteiger partial charge >= 0.3 is 18.0 Å². The second kappa shape index (κ2) is 6.11. The number of imide groups is 2. The minimum absolute atomic E-state index is 0.699. The van der Waals surface area contributed by atoms with Gasteiger partial charge in [-0.3, -0.25) is 29.2 Å². The molecule has 1 aliphatic rings. The molecular formula is C11H13N3O7. The van der Waals surface area contributed by atoms with Gasteiger partial charge in [0.25, 0.3) is 0 Å². The zero-order chi connectivity index (χ0) is 16.3. The summed E-state index contributed by atoms with van der Waals surface area (Å²) in [6.07, 6.45) is -0.0165. The van der Waals surface area contributed by atoms with Crippen LogP contribution in [0.5, 0.6) is 0 Å². The van der Waals surface area contributed by atoms with Crippen LogP contribution in [0.15, 0.2) is 4.99 Å². The van der Waals surface area contributed by atoms with Crippen molar-refractivity contribution in [2.75, 3.05) is 14.1 Å². The number of urea groups is 1. The van der Waals surface area contributed by atoms with Crippen molar-refractivity contribution in [3.63, 3.8) is 0 Å². The number of carbonyl (C=O) groups is 5. The number of carboxylic acid groups (broad SMARTS) is 2. The Bertz CT molecular complexity index is 518. The molecule has 1 fully saturated rings. The van der Waals surface area contributed by atoms with E-state index in [-0.39, 0.29) is 0 Å². The summed E-state index contributed by atoms with van der Waals surface area (Å²) in [5, 5.41) is 17.4. The second-order valence-corrected chi connectivity index (χ2v) is 4.30. The monoisotopic (exact) mass is 299 g/mol. The van der Waals surface area contributed by atoms with Crippen LogP contribution >= 0.6 is 0 Å². The lowest BCUT2D eigenvalue weighted by Crippen LogP contribution is -2.57. The number of aliphatic imine (C=N–C) groups is 1. The van der Waals surface area contributed by atoms with Gasteiger partial charge in [0.05, 0.1) is 6.42 Å². The highest BCUT2D eigenvalue weighted by atomic mass is 16.4. The van der Waals surface area contributed by atoms with Crippen molar-refractivity contribution in [1.29, 1.82) is 0 Å². The summed E-state index contributed by atoms with van der Waals surface area (Å²) in [5.74, 6) is -6.04. The second-order valence-electron chi connectivity index (χ2n) is 4.30. The molecular weight excluding hydrogens is 286 g/mol. The van der Waals surface area contributed by atoms with Crippen LogP contribution in [0.1, 0.15) is 6.42 Å². The van der Waals surface area contributed by atoms with E-state index < -0.39 is 48.2 Å². The molecule has 10 heteroatoms. The number of hydrogen-bond acceptors (Lipinski definition) is 6. The normalized spacial score (nSPS) is 18.5. The minimum atomic E-state index is -1.61. The summed E-state index contributed by atoms with van der Waals surface area (Å²) < 4.78 is 0. The lowest BCUT2D eigenvalue weighted by atomic mass is 10.1. The Labute approximate surface area is 118 Å². The molecule has 4 amide bonds. The molecule has 10 nitrogen and oxygen atoms in total. The van der Waals surface area contributed by atoms with Gasteiger partial charge in [-0.2, -0.15) is 0 Å². The van der Waals surface area contributed by atoms with Gasteiger partial charge in [-0.15, -0.1) is 0 Å². The van der Waals surface area contributed by atoms with E-state index in [0.717, 1.165) is 6.21 Å². The Kier molecular flexibility index (Phi) is 4.74. The number of amides is 4. The van der Waals surface area contributed by atoms with Crippen molar-refractivity contribution >= 4 is 36.0 Å². The Morgan fingerprint density at radius 1 is 1.19 bits per heavy atom. The van der Waals surface area contributed by atoms with Crippen LogP contribution < -0.4 is 0 Å². The van der Waals surface area contributed by atoms with Crippen molar-refractivity contribution in [2.24, 2.45) is 10.9 Å². The molecule has 1 aliphatic heterocycles. The standard InChI is InChI=1S/C11H13N3O7/c1-13-8(17)5(9(18)14(2)11(13)21)4-12-6(10(19)20)3-7(15)16/h4-6H,3H2,1-2H3,(H,15,16)(H,19,20). The molecule has 0 saturated carbocycles. The zero-order valence-electron chi connectivity index (χ0n) is 11.2. The van der Waals surface area contributed by atoms with E-state index in [0.29, 0.717) is 9.80 Å². The Morgan fingerprint density at radius 3 is 2.05 bits per heavy atom. The average molecular weight is 299 g/mol. The van der Waals surface area contributed by atoms with Crippen LogP contribution in [0.2, 0.25) is 0 Å². The predicted molar refractivity (Wildman–Crippen MR) is 66.6 cm³/mol. The first kappa shape index (κ1) is 16.3. The lowest BCUT2D eigenvalue weighted by molar-refractivity contribution is -0.145. The van der Waals surface area contributed by atoms with Crippen molar-refractivity contribution in [2.45, 2.75) is 12.5 Å². The summed E-state index contributed by atoms with van der Waals surface area (Å²) in [5.41, 5.74) is 0. The molecule has 0 aromatic heterocycles. The van der Waals surface area contributed by atoms with Gasteiger partial charge < -0.3 is 10.2 Å². The molecule has 0 bridgehead atoms. The van der Waals surface area contributed by atoms with Crippen molar-refractivity contribution in [1.82, 2.24) is 9.80 Å².